The van der Waals surface area contributed by atoms with Gasteiger partial charge in [0.1, 0.15) is 0 Å². The standard InChI is InChI=1S/C12H20N2O4S/c15-12(5-8-7-19(16,17)4-3-13-8)14-10-6-9-1-2-11(10)18-9/h8-11,13H,1-7H2,(H,14,15). The molecule has 4 unspecified atom stereocenters. The maximum atomic E-state index is 12.0. The molecule has 1 amide bonds. The minimum atomic E-state index is -2.98. The molecule has 3 aliphatic heterocycles. The average molecular weight is 288 g/mol. The first kappa shape index (κ1) is 13.3. The lowest BCUT2D eigenvalue weighted by Gasteiger charge is -2.25. The summed E-state index contributed by atoms with van der Waals surface area (Å²) in [4.78, 5) is 12.0. The van der Waals surface area contributed by atoms with Gasteiger partial charge >= 0.3 is 0 Å². The van der Waals surface area contributed by atoms with Crippen LogP contribution in [0.25, 0.3) is 0 Å². The van der Waals surface area contributed by atoms with Crippen LogP contribution < -0.4 is 10.6 Å². The Morgan fingerprint density at radius 2 is 2.21 bits per heavy atom. The molecular weight excluding hydrogens is 268 g/mol. The van der Waals surface area contributed by atoms with Gasteiger partial charge in [0.15, 0.2) is 9.84 Å². The second-order valence-electron chi connectivity index (χ2n) is 5.75. The van der Waals surface area contributed by atoms with Crippen LogP contribution in [0, 0.1) is 0 Å². The van der Waals surface area contributed by atoms with Gasteiger partial charge in [-0.05, 0) is 19.3 Å². The summed E-state index contributed by atoms with van der Waals surface area (Å²) in [7, 11) is -2.98. The van der Waals surface area contributed by atoms with Crippen LogP contribution >= 0.6 is 0 Å². The van der Waals surface area contributed by atoms with Crippen molar-refractivity contribution in [2.45, 2.75) is 50.0 Å². The summed E-state index contributed by atoms with van der Waals surface area (Å²) < 4.78 is 28.7. The first-order chi connectivity index (χ1) is 9.02. The van der Waals surface area contributed by atoms with Crippen molar-refractivity contribution in [2.75, 3.05) is 18.1 Å². The summed E-state index contributed by atoms with van der Waals surface area (Å²) in [6.07, 6.45) is 3.71. The Bertz CT molecular complexity index is 464. The van der Waals surface area contributed by atoms with Crippen LogP contribution in [-0.4, -0.2) is 56.7 Å². The van der Waals surface area contributed by atoms with Crippen molar-refractivity contribution in [2.24, 2.45) is 0 Å². The molecule has 3 aliphatic rings. The molecule has 3 fully saturated rings. The Morgan fingerprint density at radius 1 is 1.37 bits per heavy atom. The van der Waals surface area contributed by atoms with Gasteiger partial charge in [0.05, 0.1) is 29.8 Å². The number of ether oxygens (including phenoxy) is 1. The third-order valence-electron chi connectivity index (χ3n) is 4.19. The van der Waals surface area contributed by atoms with E-state index in [0.717, 1.165) is 19.3 Å². The molecule has 108 valence electrons. The highest BCUT2D eigenvalue weighted by Gasteiger charge is 2.41. The van der Waals surface area contributed by atoms with Crippen LogP contribution in [0.1, 0.15) is 25.7 Å². The molecule has 0 spiro atoms. The van der Waals surface area contributed by atoms with Gasteiger partial charge < -0.3 is 15.4 Å². The van der Waals surface area contributed by atoms with E-state index in [4.69, 9.17) is 4.74 Å². The number of amides is 1. The van der Waals surface area contributed by atoms with Crippen LogP contribution in [0.2, 0.25) is 0 Å². The molecule has 0 aromatic heterocycles. The molecule has 0 saturated carbocycles. The van der Waals surface area contributed by atoms with Crippen molar-refractivity contribution in [3.8, 4) is 0 Å². The highest BCUT2D eigenvalue weighted by atomic mass is 32.2. The average Bonchev–Trinajstić information content (AvgIpc) is 2.89. The first-order valence-electron chi connectivity index (χ1n) is 6.90. The molecule has 0 aromatic carbocycles. The monoisotopic (exact) mass is 288 g/mol. The van der Waals surface area contributed by atoms with Gasteiger partial charge in [0.25, 0.3) is 0 Å². The molecule has 3 rings (SSSR count). The first-order valence-corrected chi connectivity index (χ1v) is 8.72. The van der Waals surface area contributed by atoms with Gasteiger partial charge in [0.2, 0.25) is 5.91 Å². The van der Waals surface area contributed by atoms with Crippen molar-refractivity contribution in [1.82, 2.24) is 10.6 Å². The lowest BCUT2D eigenvalue weighted by molar-refractivity contribution is -0.122. The normalized spacial score (nSPS) is 40.2. The maximum absolute atomic E-state index is 12.0. The van der Waals surface area contributed by atoms with Gasteiger partial charge in [-0.2, -0.15) is 0 Å². The van der Waals surface area contributed by atoms with E-state index in [2.05, 4.69) is 10.6 Å². The minimum Gasteiger partial charge on any atom is -0.373 e. The van der Waals surface area contributed by atoms with E-state index in [1.54, 1.807) is 0 Å². The highest BCUT2D eigenvalue weighted by molar-refractivity contribution is 7.91. The Labute approximate surface area is 113 Å². The molecule has 3 saturated heterocycles. The fraction of sp³-hybridized carbons (Fsp3) is 0.917. The fourth-order valence-corrected chi connectivity index (χ4v) is 4.72. The summed E-state index contributed by atoms with van der Waals surface area (Å²) in [5.41, 5.74) is 0. The van der Waals surface area contributed by atoms with Crippen molar-refractivity contribution >= 4 is 15.7 Å². The van der Waals surface area contributed by atoms with E-state index < -0.39 is 9.84 Å². The van der Waals surface area contributed by atoms with E-state index in [0.29, 0.717) is 12.6 Å². The molecule has 0 radical (unpaired) electrons. The quantitative estimate of drug-likeness (QED) is 0.710. The predicted molar refractivity (Wildman–Crippen MR) is 69.5 cm³/mol. The number of sulfone groups is 1. The van der Waals surface area contributed by atoms with Crippen molar-refractivity contribution in [3.05, 3.63) is 0 Å². The Balaban J connectivity index is 1.49. The van der Waals surface area contributed by atoms with E-state index in [1.807, 2.05) is 0 Å². The molecule has 0 aliphatic carbocycles. The summed E-state index contributed by atoms with van der Waals surface area (Å²) in [6, 6.07) is -0.135. The van der Waals surface area contributed by atoms with E-state index in [-0.39, 0.29) is 42.0 Å². The van der Waals surface area contributed by atoms with E-state index in [1.165, 1.54) is 0 Å². The molecule has 6 nitrogen and oxygen atoms in total. The molecule has 2 N–H and O–H groups in total. The largest absolute Gasteiger partial charge is 0.373 e. The zero-order chi connectivity index (χ0) is 13.5. The summed E-state index contributed by atoms with van der Waals surface area (Å²) in [6.45, 7) is 0.442. The maximum Gasteiger partial charge on any atom is 0.221 e. The molecule has 0 aromatic rings. The number of hydrogen-bond acceptors (Lipinski definition) is 5. The number of fused-ring (bicyclic) bond motifs is 2. The predicted octanol–water partition coefficient (Wildman–Crippen LogP) is -0.801. The Hall–Kier alpha value is -0.660. The smallest absolute Gasteiger partial charge is 0.221 e. The fourth-order valence-electron chi connectivity index (χ4n) is 3.28. The van der Waals surface area contributed by atoms with Gasteiger partial charge in [-0.25, -0.2) is 8.42 Å². The topological polar surface area (TPSA) is 84.5 Å². The number of rotatable bonds is 3. The highest BCUT2D eigenvalue weighted by Crippen LogP contribution is 2.34. The third kappa shape index (κ3) is 3.09. The lowest BCUT2D eigenvalue weighted by atomic mass is 9.95. The molecule has 19 heavy (non-hydrogen) atoms. The lowest BCUT2D eigenvalue weighted by Crippen LogP contribution is -2.49. The number of carbonyl (C=O) groups is 1. The van der Waals surface area contributed by atoms with Crippen molar-refractivity contribution < 1.29 is 17.9 Å². The van der Waals surface area contributed by atoms with Crippen LogP contribution in [0.15, 0.2) is 0 Å². The van der Waals surface area contributed by atoms with Crippen LogP contribution in [0.5, 0.6) is 0 Å². The van der Waals surface area contributed by atoms with E-state index in [9.17, 15) is 13.2 Å². The SMILES string of the molecule is O=C(CC1CS(=O)(=O)CCN1)NC1CC2CCC1O2. The molecule has 7 heteroatoms. The van der Waals surface area contributed by atoms with Gasteiger partial charge in [-0.3, -0.25) is 4.79 Å². The zero-order valence-electron chi connectivity index (χ0n) is 10.8. The number of carbonyl (C=O) groups excluding carboxylic acids is 1. The van der Waals surface area contributed by atoms with Crippen molar-refractivity contribution in [1.29, 1.82) is 0 Å². The summed E-state index contributed by atoms with van der Waals surface area (Å²) in [5.74, 6) is 0.162. The Morgan fingerprint density at radius 3 is 2.84 bits per heavy atom. The van der Waals surface area contributed by atoms with Crippen molar-refractivity contribution in [3.63, 3.8) is 0 Å². The summed E-state index contributed by atoms with van der Waals surface area (Å²) >= 11 is 0. The summed E-state index contributed by atoms with van der Waals surface area (Å²) in [5, 5.41) is 6.08. The van der Waals surface area contributed by atoms with Gasteiger partial charge in [0, 0.05) is 19.0 Å². The second-order valence-corrected chi connectivity index (χ2v) is 7.98. The molecular formula is C12H20N2O4S. The number of nitrogens with one attached hydrogen (secondary N) is 2. The number of hydrogen-bond donors (Lipinski definition) is 2. The second kappa shape index (κ2) is 5.03. The molecule has 4 atom stereocenters. The van der Waals surface area contributed by atoms with E-state index >= 15 is 0 Å². The van der Waals surface area contributed by atoms with Crippen LogP contribution in [0.4, 0.5) is 0 Å². The Kier molecular flexibility index (Phi) is 3.53. The van der Waals surface area contributed by atoms with Crippen LogP contribution in [-0.2, 0) is 19.4 Å². The molecule has 2 bridgehead atoms. The van der Waals surface area contributed by atoms with Crippen LogP contribution in [0.3, 0.4) is 0 Å². The molecule has 3 heterocycles. The van der Waals surface area contributed by atoms with Gasteiger partial charge in [-0.1, -0.05) is 0 Å². The third-order valence-corrected chi connectivity index (χ3v) is 5.92. The minimum absolute atomic E-state index is 0.0631. The van der Waals surface area contributed by atoms with Gasteiger partial charge in [-0.15, -0.1) is 0 Å². The zero-order valence-corrected chi connectivity index (χ0v) is 11.6.